The van der Waals surface area contributed by atoms with Gasteiger partial charge in [-0.1, -0.05) is 37.6 Å². The van der Waals surface area contributed by atoms with Crippen LogP contribution in [0, 0.1) is 5.41 Å². The van der Waals surface area contributed by atoms with E-state index in [1.165, 1.54) is 0 Å². The van der Waals surface area contributed by atoms with Crippen LogP contribution in [0.3, 0.4) is 0 Å². The number of hydrogen-bond donors (Lipinski definition) is 1. The van der Waals surface area contributed by atoms with Gasteiger partial charge in [0.15, 0.2) is 11.5 Å². The molecule has 3 aromatic rings. The van der Waals surface area contributed by atoms with Crippen molar-refractivity contribution in [1.82, 2.24) is 15.1 Å². The average Bonchev–Trinajstić information content (AvgIpc) is 3.34. The second kappa shape index (κ2) is 7.61. The van der Waals surface area contributed by atoms with Crippen molar-refractivity contribution in [3.63, 3.8) is 0 Å². The lowest BCUT2D eigenvalue weighted by Gasteiger charge is -2.36. The number of benzene rings is 2. The lowest BCUT2D eigenvalue weighted by molar-refractivity contribution is 0.0918. The predicted octanol–water partition coefficient (Wildman–Crippen LogP) is 4.76. The molecule has 160 valence electrons. The number of amides is 1. The summed E-state index contributed by atoms with van der Waals surface area (Å²) < 4.78 is 12.8. The van der Waals surface area contributed by atoms with Gasteiger partial charge in [-0.05, 0) is 54.2 Å². The van der Waals surface area contributed by atoms with Crippen LogP contribution in [0.5, 0.6) is 11.5 Å². The number of carbonyl (C=O) groups is 1. The average molecular weight is 438 g/mol. The minimum atomic E-state index is -0.130. The quantitative estimate of drug-likeness (QED) is 0.639. The molecular weight excluding hydrogens is 414 g/mol. The molecule has 0 saturated carbocycles. The Bertz CT molecular complexity index is 1150. The summed E-state index contributed by atoms with van der Waals surface area (Å²) in [6, 6.07) is 13.0. The zero-order valence-electron chi connectivity index (χ0n) is 17.5. The largest absolute Gasteiger partial charge is 0.454 e. The molecule has 0 unspecified atom stereocenters. The van der Waals surface area contributed by atoms with E-state index in [4.69, 9.17) is 21.1 Å². The van der Waals surface area contributed by atoms with Gasteiger partial charge in [0, 0.05) is 21.8 Å². The van der Waals surface area contributed by atoms with Crippen LogP contribution >= 0.6 is 11.6 Å². The first-order valence-corrected chi connectivity index (χ1v) is 10.8. The third kappa shape index (κ3) is 4.00. The number of halogens is 1. The van der Waals surface area contributed by atoms with E-state index in [0.29, 0.717) is 28.6 Å². The molecule has 0 fully saturated rings. The molecule has 5 rings (SSSR count). The first kappa shape index (κ1) is 19.9. The van der Waals surface area contributed by atoms with Gasteiger partial charge in [0.1, 0.15) is 0 Å². The van der Waals surface area contributed by atoms with Crippen LogP contribution in [0.4, 0.5) is 0 Å². The van der Waals surface area contributed by atoms with Crippen molar-refractivity contribution in [2.45, 2.75) is 39.3 Å². The van der Waals surface area contributed by atoms with Crippen molar-refractivity contribution < 1.29 is 14.3 Å². The minimum absolute atomic E-state index is 0.0337. The number of nitrogens with zero attached hydrogens (tertiary/aromatic N) is 2. The molecule has 1 N–H and O–H groups in total. The summed E-state index contributed by atoms with van der Waals surface area (Å²) in [5.41, 5.74) is 3.93. The number of rotatable bonds is 4. The minimum Gasteiger partial charge on any atom is -0.454 e. The van der Waals surface area contributed by atoms with Crippen molar-refractivity contribution in [1.29, 1.82) is 0 Å². The molecule has 0 bridgehead atoms. The molecule has 31 heavy (non-hydrogen) atoms. The molecule has 2 aromatic carbocycles. The maximum atomic E-state index is 13.0. The third-order valence-corrected chi connectivity index (χ3v) is 6.16. The highest BCUT2D eigenvalue weighted by atomic mass is 35.5. The fourth-order valence-corrected chi connectivity index (χ4v) is 4.66. The van der Waals surface area contributed by atoms with Crippen molar-refractivity contribution in [3.8, 4) is 11.5 Å². The van der Waals surface area contributed by atoms with Crippen molar-refractivity contribution in [3.05, 3.63) is 76.1 Å². The lowest BCUT2D eigenvalue weighted by Crippen LogP contribution is -2.36. The fourth-order valence-electron chi connectivity index (χ4n) is 4.45. The van der Waals surface area contributed by atoms with E-state index in [0.717, 1.165) is 29.7 Å². The number of hydrogen-bond acceptors (Lipinski definition) is 4. The summed E-state index contributed by atoms with van der Waals surface area (Å²) in [5.74, 6) is 1.14. The molecule has 1 atom stereocenters. The Morgan fingerprint density at radius 1 is 1.23 bits per heavy atom. The Hall–Kier alpha value is -2.99. The van der Waals surface area contributed by atoms with Gasteiger partial charge in [0.05, 0.1) is 18.8 Å². The Balaban J connectivity index is 1.40. The second-order valence-electron chi connectivity index (χ2n) is 8.97. The zero-order valence-corrected chi connectivity index (χ0v) is 18.3. The van der Waals surface area contributed by atoms with Gasteiger partial charge >= 0.3 is 0 Å². The Kier molecular flexibility index (Phi) is 4.89. The van der Waals surface area contributed by atoms with Gasteiger partial charge in [0.2, 0.25) is 6.79 Å². The maximum absolute atomic E-state index is 13.0. The van der Waals surface area contributed by atoms with E-state index in [2.05, 4.69) is 24.3 Å². The molecule has 2 heterocycles. The molecule has 1 aliphatic carbocycles. The summed E-state index contributed by atoms with van der Waals surface area (Å²) in [6.45, 7) is 5.29. The molecule has 6 nitrogen and oxygen atoms in total. The molecule has 1 amide bonds. The molecule has 0 radical (unpaired) electrons. The summed E-state index contributed by atoms with van der Waals surface area (Å²) in [4.78, 5) is 13.0. The SMILES string of the molecule is CC1(C)Cc2c(cnn2Cc2cccc(Cl)c2)[C@H](NC(=O)c2ccc3c(c2)OCO3)C1. The second-order valence-corrected chi connectivity index (χ2v) is 9.41. The number of nitrogens with one attached hydrogen (secondary N) is 1. The van der Waals surface area contributed by atoms with Gasteiger partial charge in [-0.3, -0.25) is 9.48 Å². The van der Waals surface area contributed by atoms with Gasteiger partial charge in [-0.25, -0.2) is 0 Å². The van der Waals surface area contributed by atoms with E-state index < -0.39 is 0 Å². The van der Waals surface area contributed by atoms with Gasteiger partial charge in [-0.15, -0.1) is 0 Å². The highest BCUT2D eigenvalue weighted by Crippen LogP contribution is 2.41. The van der Waals surface area contributed by atoms with E-state index in [1.807, 2.05) is 35.1 Å². The van der Waals surface area contributed by atoms with E-state index in [1.54, 1.807) is 18.2 Å². The summed E-state index contributed by atoms with van der Waals surface area (Å²) in [7, 11) is 0. The van der Waals surface area contributed by atoms with Crippen LogP contribution in [0.25, 0.3) is 0 Å². The van der Waals surface area contributed by atoms with Crippen LogP contribution in [-0.4, -0.2) is 22.5 Å². The van der Waals surface area contributed by atoms with Crippen LogP contribution in [0.2, 0.25) is 5.02 Å². The number of ether oxygens (including phenoxy) is 2. The Morgan fingerprint density at radius 3 is 2.90 bits per heavy atom. The first-order valence-electron chi connectivity index (χ1n) is 10.4. The number of carbonyl (C=O) groups excluding carboxylic acids is 1. The monoisotopic (exact) mass is 437 g/mol. The van der Waals surface area contributed by atoms with E-state index >= 15 is 0 Å². The number of aromatic nitrogens is 2. The van der Waals surface area contributed by atoms with Crippen molar-refractivity contribution in [2.75, 3.05) is 6.79 Å². The predicted molar refractivity (Wildman–Crippen MR) is 118 cm³/mol. The smallest absolute Gasteiger partial charge is 0.251 e. The lowest BCUT2D eigenvalue weighted by atomic mass is 9.74. The molecule has 7 heteroatoms. The first-order chi connectivity index (χ1) is 14.9. The van der Waals surface area contributed by atoms with Crippen LogP contribution in [-0.2, 0) is 13.0 Å². The van der Waals surface area contributed by atoms with Crippen molar-refractivity contribution >= 4 is 17.5 Å². The highest BCUT2D eigenvalue weighted by molar-refractivity contribution is 6.30. The molecule has 1 aliphatic heterocycles. The summed E-state index contributed by atoms with van der Waals surface area (Å²) in [5, 5.41) is 8.58. The molecule has 2 aliphatic rings. The highest BCUT2D eigenvalue weighted by Gasteiger charge is 2.36. The molecule has 1 aromatic heterocycles. The normalized spacial score (nSPS) is 18.5. The Morgan fingerprint density at radius 2 is 2.06 bits per heavy atom. The third-order valence-electron chi connectivity index (χ3n) is 5.92. The van der Waals surface area contributed by atoms with E-state index in [9.17, 15) is 4.79 Å². The van der Waals surface area contributed by atoms with Gasteiger partial charge in [0.25, 0.3) is 5.91 Å². The van der Waals surface area contributed by atoms with Crippen molar-refractivity contribution in [2.24, 2.45) is 5.41 Å². The maximum Gasteiger partial charge on any atom is 0.251 e. The standard InChI is InChI=1S/C24H24ClN3O3/c1-24(2)10-19(27-23(29)16-6-7-21-22(9-16)31-14-30-21)18-12-26-28(20(18)11-24)13-15-4-3-5-17(25)8-15/h3-9,12,19H,10-11,13-14H2,1-2H3,(H,27,29)/t19-/m1/s1. The zero-order chi connectivity index (χ0) is 21.6. The summed E-state index contributed by atoms with van der Waals surface area (Å²) >= 11 is 6.15. The van der Waals surface area contributed by atoms with Gasteiger partial charge < -0.3 is 14.8 Å². The van der Waals surface area contributed by atoms with E-state index in [-0.39, 0.29) is 24.2 Å². The molecule has 0 saturated heterocycles. The molecule has 0 spiro atoms. The molecular formula is C24H24ClN3O3. The van der Waals surface area contributed by atoms with Crippen LogP contribution in [0.15, 0.2) is 48.7 Å². The number of fused-ring (bicyclic) bond motifs is 2. The topological polar surface area (TPSA) is 65.4 Å². The van der Waals surface area contributed by atoms with Crippen LogP contribution in [0.1, 0.15) is 53.5 Å². The van der Waals surface area contributed by atoms with Crippen LogP contribution < -0.4 is 14.8 Å². The van der Waals surface area contributed by atoms with Gasteiger partial charge in [-0.2, -0.15) is 5.10 Å². The summed E-state index contributed by atoms with van der Waals surface area (Å²) in [6.07, 6.45) is 3.64. The fraction of sp³-hybridized carbons (Fsp3) is 0.333. The Labute approximate surface area is 186 Å².